The molecule has 0 N–H and O–H groups in total. The van der Waals surface area contributed by atoms with Crippen LogP contribution in [0.5, 0.6) is 11.5 Å². The number of hydrogen-bond acceptors (Lipinski definition) is 4. The Hall–Kier alpha value is -2.12. The molecule has 0 amide bonds. The SMILES string of the molecule is O=S(=O)(Cc1ccc(F)cc1)N1CCC[C@@H]1c1ccc2c(c1)OCCO2. The second kappa shape index (κ2) is 6.89. The highest BCUT2D eigenvalue weighted by Crippen LogP contribution is 2.39. The topological polar surface area (TPSA) is 55.8 Å². The van der Waals surface area contributed by atoms with Crippen molar-refractivity contribution in [1.29, 1.82) is 0 Å². The molecule has 0 radical (unpaired) electrons. The first kappa shape index (κ1) is 17.3. The third-order valence-electron chi connectivity index (χ3n) is 4.77. The van der Waals surface area contributed by atoms with Crippen LogP contribution in [0, 0.1) is 5.82 Å². The largest absolute Gasteiger partial charge is 0.486 e. The van der Waals surface area contributed by atoms with Crippen molar-refractivity contribution in [3.8, 4) is 11.5 Å². The molecule has 5 nitrogen and oxygen atoms in total. The highest BCUT2D eigenvalue weighted by molar-refractivity contribution is 7.88. The Morgan fingerprint density at radius 1 is 1.04 bits per heavy atom. The lowest BCUT2D eigenvalue weighted by molar-refractivity contribution is 0.171. The van der Waals surface area contributed by atoms with Crippen molar-refractivity contribution < 1.29 is 22.3 Å². The van der Waals surface area contributed by atoms with Crippen molar-refractivity contribution in [3.63, 3.8) is 0 Å². The van der Waals surface area contributed by atoms with Gasteiger partial charge in [-0.1, -0.05) is 18.2 Å². The first-order valence-electron chi connectivity index (χ1n) is 8.66. The van der Waals surface area contributed by atoms with E-state index in [2.05, 4.69) is 0 Å². The van der Waals surface area contributed by atoms with Gasteiger partial charge in [0.2, 0.25) is 10.0 Å². The van der Waals surface area contributed by atoms with E-state index < -0.39 is 10.0 Å². The summed E-state index contributed by atoms with van der Waals surface area (Å²) in [7, 11) is -3.51. The van der Waals surface area contributed by atoms with E-state index in [1.165, 1.54) is 24.3 Å². The lowest BCUT2D eigenvalue weighted by Crippen LogP contribution is -2.31. The van der Waals surface area contributed by atoms with Gasteiger partial charge in [-0.2, -0.15) is 4.31 Å². The molecule has 0 saturated carbocycles. The van der Waals surface area contributed by atoms with Gasteiger partial charge in [-0.05, 0) is 48.2 Å². The number of ether oxygens (including phenoxy) is 2. The number of halogens is 1. The van der Waals surface area contributed by atoms with Crippen LogP contribution in [0.1, 0.15) is 30.0 Å². The number of fused-ring (bicyclic) bond motifs is 1. The van der Waals surface area contributed by atoms with Crippen molar-refractivity contribution in [2.75, 3.05) is 19.8 Å². The highest BCUT2D eigenvalue weighted by atomic mass is 32.2. The minimum Gasteiger partial charge on any atom is -0.486 e. The average molecular weight is 377 g/mol. The van der Waals surface area contributed by atoms with Crippen LogP contribution in [0.4, 0.5) is 4.39 Å². The molecular formula is C19H20FNO4S. The number of rotatable bonds is 4. The van der Waals surface area contributed by atoms with Crippen LogP contribution in [-0.2, 0) is 15.8 Å². The molecule has 0 spiro atoms. The smallest absolute Gasteiger partial charge is 0.218 e. The third kappa shape index (κ3) is 3.41. The van der Waals surface area contributed by atoms with Gasteiger partial charge >= 0.3 is 0 Å². The van der Waals surface area contributed by atoms with Gasteiger partial charge in [0.05, 0.1) is 5.75 Å². The van der Waals surface area contributed by atoms with Crippen molar-refractivity contribution in [3.05, 3.63) is 59.4 Å². The van der Waals surface area contributed by atoms with Crippen LogP contribution >= 0.6 is 0 Å². The summed E-state index contributed by atoms with van der Waals surface area (Å²) in [6.45, 7) is 1.50. The fourth-order valence-corrected chi connectivity index (χ4v) is 5.35. The molecule has 2 heterocycles. The second-order valence-electron chi connectivity index (χ2n) is 6.55. The molecule has 0 unspecified atom stereocenters. The van der Waals surface area contributed by atoms with Crippen molar-refractivity contribution in [2.24, 2.45) is 0 Å². The zero-order valence-electron chi connectivity index (χ0n) is 14.2. The molecule has 1 atom stereocenters. The first-order valence-corrected chi connectivity index (χ1v) is 10.3. The summed E-state index contributed by atoms with van der Waals surface area (Å²) < 4.78 is 51.6. The Bertz CT molecular complexity index is 898. The summed E-state index contributed by atoms with van der Waals surface area (Å²) in [5.41, 5.74) is 1.49. The molecule has 7 heteroatoms. The van der Waals surface area contributed by atoms with E-state index in [0.717, 1.165) is 18.4 Å². The van der Waals surface area contributed by atoms with Gasteiger partial charge in [-0.3, -0.25) is 0 Å². The average Bonchev–Trinajstić information content (AvgIpc) is 3.14. The fraction of sp³-hybridized carbons (Fsp3) is 0.368. The van der Waals surface area contributed by atoms with Crippen molar-refractivity contribution in [2.45, 2.75) is 24.6 Å². The van der Waals surface area contributed by atoms with Gasteiger partial charge < -0.3 is 9.47 Å². The van der Waals surface area contributed by atoms with E-state index in [9.17, 15) is 12.8 Å². The molecule has 2 aliphatic heterocycles. The summed E-state index contributed by atoms with van der Waals surface area (Å²) in [5, 5.41) is 0. The molecule has 0 aromatic heterocycles. The normalized spacial score (nSPS) is 20.3. The van der Waals surface area contributed by atoms with E-state index in [4.69, 9.17) is 9.47 Å². The molecule has 4 rings (SSSR count). The molecule has 2 aromatic rings. The summed E-state index contributed by atoms with van der Waals surface area (Å²) in [6, 6.07) is 11.0. The maximum Gasteiger partial charge on any atom is 0.218 e. The standard InChI is InChI=1S/C19H20FNO4S/c20-16-6-3-14(4-7-16)13-26(22,23)21-9-1-2-17(21)15-5-8-18-19(12-15)25-11-10-24-18/h3-8,12,17H,1-2,9-11,13H2/t17-/m1/s1. The quantitative estimate of drug-likeness (QED) is 0.821. The number of nitrogens with zero attached hydrogens (tertiary/aromatic N) is 1. The van der Waals surface area contributed by atoms with E-state index in [0.29, 0.717) is 36.8 Å². The van der Waals surface area contributed by atoms with E-state index in [1.54, 1.807) is 4.31 Å². The van der Waals surface area contributed by atoms with Gasteiger partial charge in [-0.25, -0.2) is 12.8 Å². The van der Waals surface area contributed by atoms with Crippen molar-refractivity contribution in [1.82, 2.24) is 4.31 Å². The first-order chi connectivity index (χ1) is 12.5. The number of sulfonamides is 1. The molecule has 138 valence electrons. The third-order valence-corrected chi connectivity index (χ3v) is 6.62. The molecule has 1 fully saturated rings. The fourth-order valence-electron chi connectivity index (χ4n) is 3.55. The minimum atomic E-state index is -3.51. The summed E-state index contributed by atoms with van der Waals surface area (Å²) in [5.74, 6) is 0.852. The van der Waals surface area contributed by atoms with Gasteiger partial charge in [0.25, 0.3) is 0 Å². The predicted octanol–water partition coefficient (Wildman–Crippen LogP) is 3.26. The number of benzene rings is 2. The summed E-state index contributed by atoms with van der Waals surface area (Å²) >= 11 is 0. The van der Waals surface area contributed by atoms with Crippen LogP contribution in [-0.4, -0.2) is 32.5 Å². The van der Waals surface area contributed by atoms with Gasteiger partial charge in [0.15, 0.2) is 11.5 Å². The minimum absolute atomic E-state index is 0.131. The van der Waals surface area contributed by atoms with Crippen LogP contribution in [0.2, 0.25) is 0 Å². The Kier molecular flexibility index (Phi) is 4.58. The molecule has 1 saturated heterocycles. The Morgan fingerprint density at radius 2 is 1.77 bits per heavy atom. The Balaban J connectivity index is 1.58. The lowest BCUT2D eigenvalue weighted by atomic mass is 10.0. The monoisotopic (exact) mass is 377 g/mol. The van der Waals surface area contributed by atoms with E-state index in [1.807, 2.05) is 18.2 Å². The molecule has 0 aliphatic carbocycles. The number of hydrogen-bond donors (Lipinski definition) is 0. The van der Waals surface area contributed by atoms with Gasteiger partial charge in [-0.15, -0.1) is 0 Å². The highest BCUT2D eigenvalue weighted by Gasteiger charge is 2.35. The molecule has 2 aliphatic rings. The predicted molar refractivity (Wildman–Crippen MR) is 95.1 cm³/mol. The lowest BCUT2D eigenvalue weighted by Gasteiger charge is -2.26. The van der Waals surface area contributed by atoms with E-state index in [-0.39, 0.29) is 17.6 Å². The summed E-state index contributed by atoms with van der Waals surface area (Å²) in [6.07, 6.45) is 1.57. The van der Waals surface area contributed by atoms with Crippen molar-refractivity contribution >= 4 is 10.0 Å². The molecule has 0 bridgehead atoms. The Morgan fingerprint density at radius 3 is 2.54 bits per heavy atom. The second-order valence-corrected chi connectivity index (χ2v) is 8.48. The molecular weight excluding hydrogens is 357 g/mol. The van der Waals surface area contributed by atoms with Crippen LogP contribution < -0.4 is 9.47 Å². The van der Waals surface area contributed by atoms with E-state index >= 15 is 0 Å². The Labute approximate surface area is 152 Å². The maximum atomic E-state index is 13.1. The molecule has 26 heavy (non-hydrogen) atoms. The zero-order chi connectivity index (χ0) is 18.1. The maximum absolute atomic E-state index is 13.1. The van der Waals surface area contributed by atoms with Gasteiger partial charge in [0, 0.05) is 12.6 Å². The zero-order valence-corrected chi connectivity index (χ0v) is 15.0. The molecule has 2 aromatic carbocycles. The van der Waals surface area contributed by atoms with Crippen LogP contribution in [0.15, 0.2) is 42.5 Å². The van der Waals surface area contributed by atoms with Gasteiger partial charge in [0.1, 0.15) is 19.0 Å². The van der Waals surface area contributed by atoms with Crippen LogP contribution in [0.25, 0.3) is 0 Å². The summed E-state index contributed by atoms with van der Waals surface area (Å²) in [4.78, 5) is 0. The van der Waals surface area contributed by atoms with Crippen LogP contribution in [0.3, 0.4) is 0 Å².